The Labute approximate surface area is 152 Å². The summed E-state index contributed by atoms with van der Waals surface area (Å²) in [6, 6.07) is 9.74. The van der Waals surface area contributed by atoms with Crippen LogP contribution in [0.2, 0.25) is 0 Å². The number of benzene rings is 2. The van der Waals surface area contributed by atoms with E-state index in [4.69, 9.17) is 9.47 Å². The highest BCUT2D eigenvalue weighted by molar-refractivity contribution is 5.98. The number of halogens is 1. The first-order chi connectivity index (χ1) is 12.5. The third-order valence-corrected chi connectivity index (χ3v) is 4.41. The van der Waals surface area contributed by atoms with Gasteiger partial charge in [0.25, 0.3) is 5.91 Å². The van der Waals surface area contributed by atoms with Crippen molar-refractivity contribution in [3.63, 3.8) is 0 Å². The number of methoxy groups -OCH3 is 2. The lowest BCUT2D eigenvalue weighted by atomic mass is 9.96. The third-order valence-electron chi connectivity index (χ3n) is 4.41. The molecule has 0 aliphatic carbocycles. The van der Waals surface area contributed by atoms with Gasteiger partial charge in [0.15, 0.2) is 11.5 Å². The van der Waals surface area contributed by atoms with Crippen LogP contribution in [-0.2, 0) is 11.2 Å². The second-order valence-electron chi connectivity index (χ2n) is 5.94. The molecule has 134 valence electrons. The fourth-order valence-electron chi connectivity index (χ4n) is 2.98. The highest BCUT2D eigenvalue weighted by atomic mass is 19.1. The molecular formula is C21H20FNO3. The summed E-state index contributed by atoms with van der Waals surface area (Å²) in [4.78, 5) is 14.2. The van der Waals surface area contributed by atoms with Gasteiger partial charge in [0.2, 0.25) is 0 Å². The van der Waals surface area contributed by atoms with Crippen LogP contribution in [-0.4, -0.2) is 31.6 Å². The number of rotatable bonds is 4. The molecule has 2 aromatic rings. The highest BCUT2D eigenvalue weighted by Crippen LogP contribution is 2.37. The van der Waals surface area contributed by atoms with Crippen molar-refractivity contribution >= 4 is 17.7 Å². The molecular weight excluding hydrogens is 333 g/mol. The maximum absolute atomic E-state index is 13.0. The van der Waals surface area contributed by atoms with Crippen LogP contribution in [0.25, 0.3) is 11.8 Å². The van der Waals surface area contributed by atoms with Crippen LogP contribution in [0.4, 0.5) is 4.39 Å². The summed E-state index contributed by atoms with van der Waals surface area (Å²) in [6.45, 7) is 4.62. The number of hydrogen-bond donors (Lipinski definition) is 0. The molecule has 0 aromatic heterocycles. The Balaban J connectivity index is 1.82. The van der Waals surface area contributed by atoms with E-state index in [2.05, 4.69) is 6.58 Å². The molecule has 0 radical (unpaired) electrons. The lowest BCUT2D eigenvalue weighted by molar-refractivity contribution is -0.123. The molecule has 1 heterocycles. The van der Waals surface area contributed by atoms with E-state index in [-0.39, 0.29) is 11.7 Å². The quantitative estimate of drug-likeness (QED) is 0.782. The molecule has 5 heteroatoms. The van der Waals surface area contributed by atoms with Crippen LogP contribution in [0.3, 0.4) is 0 Å². The van der Waals surface area contributed by atoms with E-state index in [1.165, 1.54) is 18.2 Å². The summed E-state index contributed by atoms with van der Waals surface area (Å²) < 4.78 is 23.6. The summed E-state index contributed by atoms with van der Waals surface area (Å²) in [5.74, 6) is 0.789. The highest BCUT2D eigenvalue weighted by Gasteiger charge is 2.25. The van der Waals surface area contributed by atoms with Crippen molar-refractivity contribution in [3.8, 4) is 11.5 Å². The number of carbonyl (C=O) groups excluding carboxylic acids is 1. The van der Waals surface area contributed by atoms with Gasteiger partial charge in [-0.2, -0.15) is 0 Å². The van der Waals surface area contributed by atoms with E-state index in [9.17, 15) is 9.18 Å². The van der Waals surface area contributed by atoms with Crippen molar-refractivity contribution in [2.24, 2.45) is 0 Å². The smallest absolute Gasteiger partial charge is 0.250 e. The molecule has 1 aliphatic rings. The van der Waals surface area contributed by atoms with Gasteiger partial charge in [-0.15, -0.1) is 0 Å². The number of fused-ring (bicyclic) bond motifs is 1. The van der Waals surface area contributed by atoms with E-state index in [0.717, 1.165) is 16.7 Å². The van der Waals surface area contributed by atoms with Gasteiger partial charge in [0.05, 0.1) is 14.2 Å². The standard InChI is InChI=1S/C21H20FNO3/c1-14-18-13-20(26-3)19(25-2)12-16(18)10-11-23(14)21(24)9-6-15-4-7-17(22)8-5-15/h4-9,12-13H,1,10-11H2,2-3H3. The van der Waals surface area contributed by atoms with Gasteiger partial charge < -0.3 is 14.4 Å². The second-order valence-corrected chi connectivity index (χ2v) is 5.94. The van der Waals surface area contributed by atoms with Crippen molar-refractivity contribution in [2.45, 2.75) is 6.42 Å². The maximum Gasteiger partial charge on any atom is 0.250 e. The third kappa shape index (κ3) is 3.47. The van der Waals surface area contributed by atoms with E-state index in [1.807, 2.05) is 12.1 Å². The van der Waals surface area contributed by atoms with Gasteiger partial charge in [-0.1, -0.05) is 18.7 Å². The molecule has 1 aliphatic heterocycles. The van der Waals surface area contributed by atoms with Crippen molar-refractivity contribution < 1.29 is 18.7 Å². The predicted molar refractivity (Wildman–Crippen MR) is 99.4 cm³/mol. The Hall–Kier alpha value is -3.08. The molecule has 0 N–H and O–H groups in total. The largest absolute Gasteiger partial charge is 0.493 e. The lowest BCUT2D eigenvalue weighted by Crippen LogP contribution is -2.33. The van der Waals surface area contributed by atoms with E-state index < -0.39 is 0 Å². The zero-order valence-electron chi connectivity index (χ0n) is 14.8. The predicted octanol–water partition coefficient (Wildman–Crippen LogP) is 3.91. The Morgan fingerprint density at radius 1 is 1.15 bits per heavy atom. The number of ether oxygens (including phenoxy) is 2. The Kier molecular flexibility index (Phi) is 5.07. The van der Waals surface area contributed by atoms with Gasteiger partial charge >= 0.3 is 0 Å². The molecule has 0 atom stereocenters. The maximum atomic E-state index is 13.0. The fraction of sp³-hybridized carbons (Fsp3) is 0.190. The molecule has 4 nitrogen and oxygen atoms in total. The first kappa shape index (κ1) is 17.7. The molecule has 0 unspecified atom stereocenters. The number of carbonyl (C=O) groups is 1. The SMILES string of the molecule is C=C1c2cc(OC)c(OC)cc2CCN1C(=O)C=Cc1ccc(F)cc1. The van der Waals surface area contributed by atoms with Crippen molar-refractivity contribution in [3.05, 3.63) is 71.6 Å². The summed E-state index contributed by atoms with van der Waals surface area (Å²) >= 11 is 0. The Morgan fingerprint density at radius 3 is 2.46 bits per heavy atom. The average molecular weight is 353 g/mol. The van der Waals surface area contributed by atoms with Gasteiger partial charge in [-0.3, -0.25) is 4.79 Å². The summed E-state index contributed by atoms with van der Waals surface area (Å²) in [6.07, 6.45) is 3.84. The van der Waals surface area contributed by atoms with E-state index >= 15 is 0 Å². The number of nitrogens with zero attached hydrogens (tertiary/aromatic N) is 1. The first-order valence-electron chi connectivity index (χ1n) is 8.23. The van der Waals surface area contributed by atoms with Crippen LogP contribution in [0.15, 0.2) is 49.1 Å². The molecule has 0 saturated heterocycles. The molecule has 0 saturated carbocycles. The zero-order chi connectivity index (χ0) is 18.7. The molecule has 26 heavy (non-hydrogen) atoms. The minimum absolute atomic E-state index is 0.167. The molecule has 0 spiro atoms. The molecule has 2 aromatic carbocycles. The zero-order valence-corrected chi connectivity index (χ0v) is 14.8. The topological polar surface area (TPSA) is 38.8 Å². The van der Waals surface area contributed by atoms with Crippen LogP contribution < -0.4 is 9.47 Å². The summed E-state index contributed by atoms with van der Waals surface area (Å²) in [5, 5.41) is 0. The van der Waals surface area contributed by atoms with Gasteiger partial charge in [-0.25, -0.2) is 4.39 Å². The minimum Gasteiger partial charge on any atom is -0.493 e. The lowest BCUT2D eigenvalue weighted by Gasteiger charge is -2.30. The number of hydrogen-bond acceptors (Lipinski definition) is 3. The van der Waals surface area contributed by atoms with Crippen LogP contribution in [0.1, 0.15) is 16.7 Å². The van der Waals surface area contributed by atoms with Gasteiger partial charge in [0.1, 0.15) is 5.82 Å². The summed E-state index contributed by atoms with van der Waals surface area (Å²) in [5.41, 5.74) is 3.33. The van der Waals surface area contributed by atoms with Crippen molar-refractivity contribution in [1.29, 1.82) is 0 Å². The Bertz CT molecular complexity index is 872. The fourth-order valence-corrected chi connectivity index (χ4v) is 2.98. The van der Waals surface area contributed by atoms with Gasteiger partial charge in [0, 0.05) is 23.9 Å². The van der Waals surface area contributed by atoms with Crippen molar-refractivity contribution in [2.75, 3.05) is 20.8 Å². The van der Waals surface area contributed by atoms with Crippen LogP contribution in [0, 0.1) is 5.82 Å². The minimum atomic E-state index is -0.307. The van der Waals surface area contributed by atoms with Crippen LogP contribution in [0.5, 0.6) is 11.5 Å². The monoisotopic (exact) mass is 353 g/mol. The molecule has 0 fully saturated rings. The van der Waals surface area contributed by atoms with Gasteiger partial charge in [-0.05, 0) is 47.9 Å². The molecule has 0 bridgehead atoms. The Morgan fingerprint density at radius 2 is 1.81 bits per heavy atom. The average Bonchev–Trinajstić information content (AvgIpc) is 2.66. The molecule has 3 rings (SSSR count). The van der Waals surface area contributed by atoms with E-state index in [1.54, 1.807) is 37.3 Å². The van der Waals surface area contributed by atoms with Crippen molar-refractivity contribution in [1.82, 2.24) is 4.90 Å². The van der Waals surface area contributed by atoms with E-state index in [0.29, 0.717) is 30.2 Å². The first-order valence-corrected chi connectivity index (χ1v) is 8.23. The second kappa shape index (κ2) is 7.44. The molecule has 1 amide bonds. The van der Waals surface area contributed by atoms with Crippen LogP contribution >= 0.6 is 0 Å². The normalized spacial score (nSPS) is 13.7. The number of amides is 1. The summed E-state index contributed by atoms with van der Waals surface area (Å²) in [7, 11) is 3.17.